The number of rotatable bonds is 5. The number of carbonyl (C=O) groups excluding carboxylic acids is 2. The van der Waals surface area contributed by atoms with Gasteiger partial charge in [-0.25, -0.2) is 4.98 Å². The van der Waals surface area contributed by atoms with Crippen LogP contribution in [-0.2, 0) is 4.79 Å². The first-order valence-electron chi connectivity index (χ1n) is 6.01. The minimum atomic E-state index is -1.31. The van der Waals surface area contributed by atoms with E-state index < -0.39 is 5.97 Å². The molecule has 2 aromatic rings. The van der Waals surface area contributed by atoms with E-state index in [0.717, 1.165) is 20.7 Å². The number of pyridine rings is 1. The number of benzene rings is 1. The van der Waals surface area contributed by atoms with Gasteiger partial charge in [0.2, 0.25) is 5.91 Å². The molecule has 0 aliphatic heterocycles. The molecule has 0 aliphatic rings. The number of aromatic carboxylic acids is 1. The molecular formula is C14H9Br2KN2O3S. The van der Waals surface area contributed by atoms with Crippen LogP contribution in [0.4, 0.5) is 5.69 Å². The molecule has 23 heavy (non-hydrogen) atoms. The van der Waals surface area contributed by atoms with Crippen LogP contribution in [0.15, 0.2) is 50.5 Å². The van der Waals surface area contributed by atoms with Crippen molar-refractivity contribution < 1.29 is 66.1 Å². The molecular weight excluding hydrogens is 475 g/mol. The van der Waals surface area contributed by atoms with Crippen molar-refractivity contribution >= 4 is 61.2 Å². The smallest absolute Gasteiger partial charge is 0.545 e. The maximum Gasteiger partial charge on any atom is 1.00 e. The summed E-state index contributed by atoms with van der Waals surface area (Å²) in [5.74, 6) is -1.54. The van der Waals surface area contributed by atoms with Crippen molar-refractivity contribution in [1.82, 2.24) is 4.98 Å². The molecule has 0 spiro atoms. The van der Waals surface area contributed by atoms with Gasteiger partial charge in [-0.05, 0) is 46.3 Å². The molecule has 0 saturated heterocycles. The third-order valence-corrected chi connectivity index (χ3v) is 4.72. The number of hydrogen-bond acceptors (Lipinski definition) is 5. The van der Waals surface area contributed by atoms with Gasteiger partial charge < -0.3 is 15.2 Å². The number of anilines is 1. The van der Waals surface area contributed by atoms with Crippen molar-refractivity contribution in [3.8, 4) is 0 Å². The summed E-state index contributed by atoms with van der Waals surface area (Å²) in [6.07, 6.45) is 1.47. The molecule has 0 unspecified atom stereocenters. The van der Waals surface area contributed by atoms with Gasteiger partial charge in [0, 0.05) is 20.7 Å². The molecule has 0 bridgehead atoms. The van der Waals surface area contributed by atoms with E-state index in [-0.39, 0.29) is 73.6 Å². The Hall–Kier alpha value is 0.256. The SMILES string of the molecule is O=C(CSc1ncccc1C(=O)[O-])Nc1cc(Br)ccc1Br.[K+]. The zero-order valence-electron chi connectivity index (χ0n) is 12.0. The van der Waals surface area contributed by atoms with Crippen molar-refractivity contribution in [2.75, 3.05) is 11.1 Å². The maximum atomic E-state index is 12.0. The van der Waals surface area contributed by atoms with Gasteiger partial charge in [-0.2, -0.15) is 0 Å². The second-order valence-electron chi connectivity index (χ2n) is 4.10. The molecule has 0 aliphatic carbocycles. The van der Waals surface area contributed by atoms with Crippen LogP contribution in [0.2, 0.25) is 0 Å². The molecule has 0 atom stereocenters. The summed E-state index contributed by atoms with van der Waals surface area (Å²) >= 11 is 7.71. The fraction of sp³-hybridized carbons (Fsp3) is 0.0714. The average molecular weight is 484 g/mol. The van der Waals surface area contributed by atoms with E-state index in [2.05, 4.69) is 42.2 Å². The molecule has 1 aromatic heterocycles. The number of carboxylic acids is 1. The monoisotopic (exact) mass is 482 g/mol. The number of amides is 1. The Balaban J connectivity index is 0.00000264. The minimum absolute atomic E-state index is 0. The van der Waals surface area contributed by atoms with E-state index in [1.807, 2.05) is 6.07 Å². The summed E-state index contributed by atoms with van der Waals surface area (Å²) in [6, 6.07) is 8.32. The number of thioether (sulfide) groups is 1. The summed E-state index contributed by atoms with van der Waals surface area (Å²) in [5.41, 5.74) is 0.602. The van der Waals surface area contributed by atoms with Crippen molar-refractivity contribution in [3.05, 3.63) is 51.0 Å². The number of nitrogens with zero attached hydrogens (tertiary/aromatic N) is 1. The number of carboxylic acid groups (broad SMARTS) is 1. The van der Waals surface area contributed by atoms with E-state index in [9.17, 15) is 14.7 Å². The zero-order valence-corrected chi connectivity index (χ0v) is 19.1. The summed E-state index contributed by atoms with van der Waals surface area (Å²) in [5, 5.41) is 14.0. The van der Waals surface area contributed by atoms with Crippen LogP contribution in [0.1, 0.15) is 10.4 Å². The summed E-state index contributed by atoms with van der Waals surface area (Å²) < 4.78 is 1.59. The fourth-order valence-corrected chi connectivity index (χ4v) is 3.06. The summed E-state index contributed by atoms with van der Waals surface area (Å²) in [7, 11) is 0. The third-order valence-electron chi connectivity index (χ3n) is 2.53. The molecule has 114 valence electrons. The van der Waals surface area contributed by atoms with E-state index in [1.54, 1.807) is 12.1 Å². The van der Waals surface area contributed by atoms with Crippen molar-refractivity contribution in [2.45, 2.75) is 5.03 Å². The minimum Gasteiger partial charge on any atom is -0.545 e. The normalized spacial score (nSPS) is 9.83. The second kappa shape index (κ2) is 10.3. The molecule has 9 heteroatoms. The van der Waals surface area contributed by atoms with Crippen LogP contribution in [0, 0.1) is 0 Å². The van der Waals surface area contributed by atoms with Gasteiger partial charge in [-0.3, -0.25) is 4.79 Å². The van der Waals surface area contributed by atoms with Crippen molar-refractivity contribution in [3.63, 3.8) is 0 Å². The second-order valence-corrected chi connectivity index (χ2v) is 6.84. The van der Waals surface area contributed by atoms with E-state index >= 15 is 0 Å². The maximum absolute atomic E-state index is 12.0. The predicted octanol–water partition coefficient (Wildman–Crippen LogP) is -0.295. The first-order chi connectivity index (χ1) is 10.5. The van der Waals surface area contributed by atoms with Crippen molar-refractivity contribution in [2.24, 2.45) is 0 Å². The third kappa shape index (κ3) is 6.58. The van der Waals surface area contributed by atoms with E-state index in [4.69, 9.17) is 0 Å². The van der Waals surface area contributed by atoms with E-state index in [0.29, 0.717) is 5.69 Å². The van der Waals surface area contributed by atoms with Gasteiger partial charge in [0.05, 0.1) is 17.4 Å². The zero-order chi connectivity index (χ0) is 16.1. The molecule has 0 fully saturated rings. The van der Waals surface area contributed by atoms with Gasteiger partial charge in [0.15, 0.2) is 0 Å². The number of aromatic nitrogens is 1. The average Bonchev–Trinajstić information content (AvgIpc) is 2.49. The summed E-state index contributed by atoms with van der Waals surface area (Å²) in [6.45, 7) is 0. The largest absolute Gasteiger partial charge is 1.00 e. The quantitative estimate of drug-likeness (QED) is 0.466. The Labute approximate surface area is 196 Å². The van der Waals surface area contributed by atoms with Crippen LogP contribution < -0.4 is 61.8 Å². The van der Waals surface area contributed by atoms with Gasteiger partial charge in [0.25, 0.3) is 0 Å². The molecule has 1 amide bonds. The Morgan fingerprint density at radius 1 is 1.26 bits per heavy atom. The first-order valence-corrected chi connectivity index (χ1v) is 8.58. The van der Waals surface area contributed by atoms with Crippen LogP contribution >= 0.6 is 43.6 Å². The van der Waals surface area contributed by atoms with Crippen molar-refractivity contribution in [1.29, 1.82) is 0 Å². The molecule has 1 N–H and O–H groups in total. The Morgan fingerprint density at radius 2 is 2.00 bits per heavy atom. The first kappa shape index (κ1) is 21.3. The number of nitrogens with one attached hydrogen (secondary N) is 1. The molecule has 2 rings (SSSR count). The van der Waals surface area contributed by atoms with Gasteiger partial charge in [-0.1, -0.05) is 27.7 Å². The van der Waals surface area contributed by atoms with E-state index in [1.165, 1.54) is 18.3 Å². The standard InChI is InChI=1S/C14H10Br2N2O3S.K/c15-8-3-4-10(16)11(6-8)18-12(19)7-22-13-9(14(20)21)2-1-5-17-13;/h1-6H,7H2,(H,18,19)(H,20,21);/q;+1/p-1. The Kier molecular flexibility index (Phi) is 9.53. The molecule has 5 nitrogen and oxygen atoms in total. The predicted molar refractivity (Wildman–Crippen MR) is 89.8 cm³/mol. The molecule has 1 aromatic carbocycles. The van der Waals surface area contributed by atoms with Crippen LogP contribution in [-0.4, -0.2) is 22.6 Å². The Morgan fingerprint density at radius 3 is 2.70 bits per heavy atom. The van der Waals surface area contributed by atoms with Crippen LogP contribution in [0.25, 0.3) is 0 Å². The van der Waals surface area contributed by atoms with Gasteiger partial charge in [0.1, 0.15) is 5.03 Å². The van der Waals surface area contributed by atoms with Gasteiger partial charge >= 0.3 is 51.4 Å². The van der Waals surface area contributed by atoms with Gasteiger partial charge in [-0.15, -0.1) is 0 Å². The molecule has 0 saturated carbocycles. The molecule has 0 radical (unpaired) electrons. The molecule has 1 heterocycles. The van der Waals surface area contributed by atoms with Crippen LogP contribution in [0.5, 0.6) is 0 Å². The summed E-state index contributed by atoms with van der Waals surface area (Å²) in [4.78, 5) is 26.9. The fourth-order valence-electron chi connectivity index (χ4n) is 1.57. The van der Waals surface area contributed by atoms with Crippen LogP contribution in [0.3, 0.4) is 0 Å². The number of halogens is 2. The Bertz CT molecular complexity index is 731. The number of carbonyl (C=O) groups is 2. The number of hydrogen-bond donors (Lipinski definition) is 1. The topological polar surface area (TPSA) is 82.1 Å².